The van der Waals surface area contributed by atoms with Gasteiger partial charge >= 0.3 is 0 Å². The van der Waals surface area contributed by atoms with Crippen LogP contribution in [-0.4, -0.2) is 19.9 Å². The largest absolute Gasteiger partial charge is 0.255 e. The van der Waals surface area contributed by atoms with Crippen LogP contribution in [0, 0.1) is 0 Å². The molecule has 0 aromatic carbocycles. The summed E-state index contributed by atoms with van der Waals surface area (Å²) < 4.78 is 0. The molecule has 0 saturated heterocycles. The third kappa shape index (κ3) is 8.97. The molecule has 0 aliphatic carbocycles. The highest BCUT2D eigenvalue weighted by atomic mass is 32.1. The first kappa shape index (κ1) is 40.9. The average Bonchev–Trinajstić information content (AvgIpc) is 4.21. The van der Waals surface area contributed by atoms with Crippen molar-refractivity contribution in [3.8, 4) is 101 Å². The van der Waals surface area contributed by atoms with E-state index in [1.165, 1.54) is 78.0 Å². The van der Waals surface area contributed by atoms with Gasteiger partial charge in [0.15, 0.2) is 0 Å². The molecular weight excluding hydrogens is 937 g/mol. The lowest BCUT2D eigenvalue weighted by Crippen LogP contribution is -1.75. The van der Waals surface area contributed by atoms with Crippen molar-refractivity contribution in [1.29, 1.82) is 0 Å². The molecule has 0 amide bonds. The molecule has 12 heteroatoms. The molecule has 4 nitrogen and oxygen atoms in total. The third-order valence-corrected chi connectivity index (χ3v) is 19.9. The molecule has 12 aromatic heterocycles. The fourth-order valence-corrected chi connectivity index (χ4v) is 15.4. The molecule has 0 N–H and O–H groups in total. The van der Waals surface area contributed by atoms with Crippen LogP contribution >= 0.6 is 90.7 Å². The second kappa shape index (κ2) is 18.7. The van der Waals surface area contributed by atoms with Crippen LogP contribution < -0.4 is 0 Å². The summed E-state index contributed by atoms with van der Waals surface area (Å²) in [6.45, 7) is 0. The Balaban J connectivity index is 0.000000143. The third-order valence-electron chi connectivity index (χ3n) is 9.97. The van der Waals surface area contributed by atoms with E-state index in [9.17, 15) is 0 Å². The molecule has 12 heterocycles. The summed E-state index contributed by atoms with van der Waals surface area (Å²) in [5, 5.41) is 0. The summed E-state index contributed by atoms with van der Waals surface area (Å²) in [5.74, 6) is 0. The minimum atomic E-state index is 1.03. The van der Waals surface area contributed by atoms with Crippen LogP contribution in [-0.2, 0) is 0 Å². The molecule has 0 aliphatic heterocycles. The first-order valence-corrected chi connectivity index (χ1v) is 26.7. The van der Waals surface area contributed by atoms with Gasteiger partial charge in [-0.1, -0.05) is 24.3 Å². The minimum absolute atomic E-state index is 1.03. The van der Waals surface area contributed by atoms with Gasteiger partial charge < -0.3 is 0 Å². The van der Waals surface area contributed by atoms with Crippen molar-refractivity contribution < 1.29 is 0 Å². The molecule has 0 bridgehead atoms. The number of thiophene rings is 8. The van der Waals surface area contributed by atoms with Crippen LogP contribution in [0.1, 0.15) is 0 Å². The van der Waals surface area contributed by atoms with Crippen LogP contribution in [0.2, 0.25) is 0 Å². The van der Waals surface area contributed by atoms with Crippen LogP contribution in [0.3, 0.4) is 0 Å². The van der Waals surface area contributed by atoms with Crippen LogP contribution in [0.4, 0.5) is 0 Å². The lowest BCUT2D eigenvalue weighted by atomic mass is 10.3. The number of pyridine rings is 4. The Morgan fingerprint density at radius 1 is 0.172 bits per heavy atom. The van der Waals surface area contributed by atoms with E-state index in [1.807, 2.05) is 119 Å². The quantitative estimate of drug-likeness (QED) is 0.137. The van der Waals surface area contributed by atoms with E-state index in [2.05, 4.69) is 141 Å². The van der Waals surface area contributed by atoms with Crippen LogP contribution in [0.25, 0.3) is 101 Å². The number of aromatic nitrogens is 4. The molecule has 0 unspecified atom stereocenters. The smallest absolute Gasteiger partial charge is 0.0801 e. The summed E-state index contributed by atoms with van der Waals surface area (Å²) in [6.07, 6.45) is 7.39. The second-order valence-electron chi connectivity index (χ2n) is 14.2. The van der Waals surface area contributed by atoms with Gasteiger partial charge in [-0.2, -0.15) is 0 Å². The highest BCUT2D eigenvalue weighted by molar-refractivity contribution is 7.30. The van der Waals surface area contributed by atoms with E-state index in [0.717, 1.165) is 22.8 Å². The molecule has 0 aliphatic rings. The lowest BCUT2D eigenvalue weighted by molar-refractivity contribution is 1.34. The maximum absolute atomic E-state index is 4.47. The van der Waals surface area contributed by atoms with E-state index in [0.29, 0.717) is 0 Å². The first-order chi connectivity index (χ1) is 31.7. The normalized spacial score (nSPS) is 11.1. The minimum Gasteiger partial charge on any atom is -0.255 e. The topological polar surface area (TPSA) is 51.6 Å². The second-order valence-corrected chi connectivity index (χ2v) is 22.8. The molecule has 0 spiro atoms. The van der Waals surface area contributed by atoms with Gasteiger partial charge in [0, 0.05) is 83.3 Å². The summed E-state index contributed by atoms with van der Waals surface area (Å²) >= 11 is 14.6. The number of rotatable bonds is 10. The van der Waals surface area contributed by atoms with Crippen molar-refractivity contribution >= 4 is 90.7 Å². The van der Waals surface area contributed by atoms with Gasteiger partial charge in [-0.15, -0.1) is 90.7 Å². The van der Waals surface area contributed by atoms with E-state index >= 15 is 0 Å². The van der Waals surface area contributed by atoms with Crippen LogP contribution in [0.5, 0.6) is 0 Å². The monoisotopic (exact) mass is 968 g/mol. The Bertz CT molecular complexity index is 2940. The zero-order valence-corrected chi connectivity index (χ0v) is 40.1. The van der Waals surface area contributed by atoms with Gasteiger partial charge in [-0.05, 0) is 146 Å². The van der Waals surface area contributed by atoms with Gasteiger partial charge in [0.2, 0.25) is 0 Å². The predicted octanol–water partition coefficient (Wildman–Crippen LogP) is 18.1. The van der Waals surface area contributed by atoms with Gasteiger partial charge in [-0.3, -0.25) is 19.9 Å². The van der Waals surface area contributed by atoms with Crippen molar-refractivity contribution in [2.75, 3.05) is 0 Å². The fourth-order valence-electron chi connectivity index (χ4n) is 6.88. The van der Waals surface area contributed by atoms with Crippen molar-refractivity contribution in [1.82, 2.24) is 19.9 Å². The maximum Gasteiger partial charge on any atom is 0.0801 e. The SMILES string of the molecule is c1ccc(-c2ccc(-c3ccc(-c4ccc(-c5ccc(-c6ccccn6)s5)s4)s3)s2)nc1.c1ccc(-c2ccc(-c3ccc(-c4ccc(-c5ccc(-c6ccccn6)s5)s4)s3)s2)nc1. The van der Waals surface area contributed by atoms with Crippen molar-refractivity contribution in [2.24, 2.45) is 0 Å². The number of hydrogen-bond acceptors (Lipinski definition) is 12. The van der Waals surface area contributed by atoms with Crippen molar-refractivity contribution in [3.05, 3.63) is 195 Å². The van der Waals surface area contributed by atoms with E-state index in [1.54, 1.807) is 45.3 Å². The van der Waals surface area contributed by atoms with Gasteiger partial charge in [0.1, 0.15) is 0 Å². The molecule has 12 rings (SSSR count). The Morgan fingerprint density at radius 3 is 0.484 bits per heavy atom. The fraction of sp³-hybridized carbons (Fsp3) is 0. The first-order valence-electron chi connectivity index (χ1n) is 20.1. The Hall–Kier alpha value is -5.80. The van der Waals surface area contributed by atoms with Gasteiger partial charge in [0.05, 0.1) is 42.3 Å². The molecule has 0 fully saturated rings. The molecule has 0 radical (unpaired) electrons. The Morgan fingerprint density at radius 2 is 0.328 bits per heavy atom. The lowest BCUT2D eigenvalue weighted by Gasteiger charge is -1.94. The summed E-state index contributed by atoms with van der Waals surface area (Å²) in [5.41, 5.74) is 4.13. The van der Waals surface area contributed by atoms with Gasteiger partial charge in [0.25, 0.3) is 0 Å². The number of nitrogens with zero attached hydrogens (tertiary/aromatic N) is 4. The zero-order valence-electron chi connectivity index (χ0n) is 33.5. The summed E-state index contributed by atoms with van der Waals surface area (Å²) in [7, 11) is 0. The zero-order chi connectivity index (χ0) is 42.7. The summed E-state index contributed by atoms with van der Waals surface area (Å²) in [4.78, 5) is 38.3. The Labute approximate surface area is 402 Å². The average molecular weight is 969 g/mol. The highest BCUT2D eigenvalue weighted by Crippen LogP contribution is 2.46. The van der Waals surface area contributed by atoms with Crippen molar-refractivity contribution in [2.45, 2.75) is 0 Å². The maximum atomic E-state index is 4.47. The summed E-state index contributed by atoms with van der Waals surface area (Å²) in [6, 6.07) is 59.6. The molecule has 308 valence electrons. The highest BCUT2D eigenvalue weighted by Gasteiger charge is 2.15. The van der Waals surface area contributed by atoms with Gasteiger partial charge in [-0.25, -0.2) is 0 Å². The number of hydrogen-bond donors (Lipinski definition) is 0. The van der Waals surface area contributed by atoms with E-state index in [-0.39, 0.29) is 0 Å². The standard InChI is InChI=1S/2C26H16N2S4/c2*1-3-15-27-17(5-1)19-7-9-21(29-19)23-11-13-25(31-23)26-14-12-24(32-26)22-10-8-20(30-22)18-6-2-4-16-28-18/h2*1-16H. The molecular formula is C52H32N4S8. The molecule has 12 aromatic rings. The van der Waals surface area contributed by atoms with Crippen LogP contribution in [0.15, 0.2) is 195 Å². The molecule has 0 atom stereocenters. The predicted molar refractivity (Wildman–Crippen MR) is 281 cm³/mol. The van der Waals surface area contributed by atoms with Crippen molar-refractivity contribution in [3.63, 3.8) is 0 Å². The van der Waals surface area contributed by atoms with E-state index in [4.69, 9.17) is 0 Å². The Kier molecular flexibility index (Phi) is 12.0. The molecule has 0 saturated carbocycles. The molecule has 64 heavy (non-hydrogen) atoms. The van der Waals surface area contributed by atoms with E-state index < -0.39 is 0 Å².